The summed E-state index contributed by atoms with van der Waals surface area (Å²) in [5.41, 5.74) is 0.420. The van der Waals surface area contributed by atoms with Crippen molar-refractivity contribution in [3.05, 3.63) is 47.8 Å². The number of rotatable bonds is 4. The van der Waals surface area contributed by atoms with Crippen molar-refractivity contribution in [2.45, 2.75) is 6.42 Å². The molecule has 84 valence electrons. The van der Waals surface area contributed by atoms with Crippen LogP contribution in [0, 0.1) is 5.82 Å². The van der Waals surface area contributed by atoms with Gasteiger partial charge in [-0.05, 0) is 24.3 Å². The Bertz CT molecular complexity index is 420. The topological polar surface area (TPSA) is 43.4 Å². The van der Waals surface area contributed by atoms with Gasteiger partial charge in [0.15, 0.2) is 5.78 Å². The largest absolute Gasteiger partial charge is 0.466 e. The summed E-state index contributed by atoms with van der Waals surface area (Å²) < 4.78 is 17.0. The lowest BCUT2D eigenvalue weighted by Crippen LogP contribution is -2.09. The summed E-state index contributed by atoms with van der Waals surface area (Å²) in [7, 11) is 1.22. The summed E-state index contributed by atoms with van der Waals surface area (Å²) in [4.78, 5) is 22.6. The number of methoxy groups -OCH3 is 1. The molecule has 0 unspecified atom stereocenters. The minimum Gasteiger partial charge on any atom is -0.466 e. The van der Waals surface area contributed by atoms with E-state index in [1.807, 2.05) is 0 Å². The minimum atomic E-state index is -0.615. The van der Waals surface area contributed by atoms with Crippen molar-refractivity contribution in [2.24, 2.45) is 0 Å². The van der Waals surface area contributed by atoms with Gasteiger partial charge in [-0.2, -0.15) is 0 Å². The molecule has 0 saturated heterocycles. The van der Waals surface area contributed by atoms with Crippen molar-refractivity contribution in [3.8, 4) is 0 Å². The Labute approximate surface area is 92.5 Å². The van der Waals surface area contributed by atoms with E-state index >= 15 is 0 Å². The summed E-state index contributed by atoms with van der Waals surface area (Å²) in [5, 5.41) is 0. The molecular weight excluding hydrogens is 211 g/mol. The first-order chi connectivity index (χ1) is 7.54. The Balaban J connectivity index is 2.69. The molecule has 1 aromatic rings. The predicted molar refractivity (Wildman–Crippen MR) is 56.5 cm³/mol. The molecule has 0 aromatic heterocycles. The highest BCUT2D eigenvalue weighted by atomic mass is 19.1. The number of hydrogen-bond acceptors (Lipinski definition) is 3. The van der Waals surface area contributed by atoms with Crippen molar-refractivity contribution >= 4 is 11.8 Å². The Hall–Kier alpha value is -1.97. The first-order valence-corrected chi connectivity index (χ1v) is 4.59. The van der Waals surface area contributed by atoms with Gasteiger partial charge in [0, 0.05) is 17.6 Å². The van der Waals surface area contributed by atoms with E-state index in [1.165, 1.54) is 31.4 Å². The molecule has 0 bridgehead atoms. The Morgan fingerprint density at radius 3 is 2.38 bits per heavy atom. The molecule has 0 atom stereocenters. The van der Waals surface area contributed by atoms with Gasteiger partial charge in [-0.3, -0.25) is 4.79 Å². The van der Waals surface area contributed by atoms with Gasteiger partial charge in [-0.15, -0.1) is 0 Å². The maximum Gasteiger partial charge on any atom is 0.333 e. The minimum absolute atomic E-state index is 0.0804. The maximum absolute atomic E-state index is 12.6. The van der Waals surface area contributed by atoms with Crippen LogP contribution in [-0.4, -0.2) is 18.9 Å². The standard InChI is InChI=1S/C12H11FO3/c1-8(12(15)16-2)7-11(14)9-3-5-10(13)6-4-9/h3-6H,1,7H2,2H3. The van der Waals surface area contributed by atoms with Crippen LogP contribution in [0.2, 0.25) is 0 Å². The fraction of sp³-hybridized carbons (Fsp3) is 0.167. The first-order valence-electron chi connectivity index (χ1n) is 4.59. The second kappa shape index (κ2) is 5.21. The average Bonchev–Trinajstić information content (AvgIpc) is 2.28. The third kappa shape index (κ3) is 3.02. The average molecular weight is 222 g/mol. The number of carbonyl (C=O) groups is 2. The van der Waals surface area contributed by atoms with Gasteiger partial charge in [0.25, 0.3) is 0 Å². The lowest BCUT2D eigenvalue weighted by atomic mass is 10.0. The number of esters is 1. The van der Waals surface area contributed by atoms with E-state index in [4.69, 9.17) is 0 Å². The molecule has 0 saturated carbocycles. The van der Waals surface area contributed by atoms with E-state index in [-0.39, 0.29) is 17.8 Å². The zero-order valence-corrected chi connectivity index (χ0v) is 8.83. The van der Waals surface area contributed by atoms with Gasteiger partial charge >= 0.3 is 5.97 Å². The lowest BCUT2D eigenvalue weighted by molar-refractivity contribution is -0.136. The Kier molecular flexibility index (Phi) is 3.94. The van der Waals surface area contributed by atoms with Crippen LogP contribution in [0.3, 0.4) is 0 Å². The van der Waals surface area contributed by atoms with Crippen molar-refractivity contribution in [1.29, 1.82) is 0 Å². The van der Waals surface area contributed by atoms with Gasteiger partial charge in [-0.1, -0.05) is 6.58 Å². The quantitative estimate of drug-likeness (QED) is 0.445. The Morgan fingerprint density at radius 2 is 1.88 bits per heavy atom. The predicted octanol–water partition coefficient (Wildman–Crippen LogP) is 2.13. The normalized spacial score (nSPS) is 9.62. The summed E-state index contributed by atoms with van der Waals surface area (Å²) in [5.74, 6) is -1.32. The second-order valence-corrected chi connectivity index (χ2v) is 3.20. The lowest BCUT2D eigenvalue weighted by Gasteiger charge is -2.03. The highest BCUT2D eigenvalue weighted by Gasteiger charge is 2.13. The molecule has 0 aliphatic rings. The number of carbonyl (C=O) groups excluding carboxylic acids is 2. The summed E-state index contributed by atoms with van der Waals surface area (Å²) in [6.45, 7) is 3.44. The molecule has 1 aromatic carbocycles. The molecule has 0 aliphatic carbocycles. The van der Waals surface area contributed by atoms with Crippen LogP contribution < -0.4 is 0 Å². The molecule has 0 fully saturated rings. The number of hydrogen-bond donors (Lipinski definition) is 0. The molecule has 16 heavy (non-hydrogen) atoms. The zero-order chi connectivity index (χ0) is 12.1. The first kappa shape index (κ1) is 12.1. The van der Waals surface area contributed by atoms with Crippen LogP contribution in [0.15, 0.2) is 36.4 Å². The fourth-order valence-corrected chi connectivity index (χ4v) is 1.15. The van der Waals surface area contributed by atoms with Gasteiger partial charge in [-0.25, -0.2) is 9.18 Å². The van der Waals surface area contributed by atoms with Crippen molar-refractivity contribution in [3.63, 3.8) is 0 Å². The summed E-state index contributed by atoms with van der Waals surface area (Å²) in [6.07, 6.45) is -0.127. The Morgan fingerprint density at radius 1 is 1.31 bits per heavy atom. The number of ketones is 1. The highest BCUT2D eigenvalue weighted by molar-refractivity contribution is 6.03. The van der Waals surface area contributed by atoms with E-state index in [1.54, 1.807) is 0 Å². The highest BCUT2D eigenvalue weighted by Crippen LogP contribution is 2.10. The number of Topliss-reactive ketones (excluding diaryl/α,β-unsaturated/α-hetero) is 1. The molecule has 0 spiro atoms. The van der Waals surface area contributed by atoms with E-state index in [9.17, 15) is 14.0 Å². The molecule has 0 radical (unpaired) electrons. The van der Waals surface area contributed by atoms with Crippen LogP contribution in [0.4, 0.5) is 4.39 Å². The zero-order valence-electron chi connectivity index (χ0n) is 8.83. The molecule has 4 heteroatoms. The number of benzene rings is 1. The molecular formula is C12H11FO3. The molecule has 0 heterocycles. The molecule has 0 amide bonds. The third-order valence-electron chi connectivity index (χ3n) is 2.01. The van der Waals surface area contributed by atoms with Gasteiger partial charge in [0.1, 0.15) is 5.82 Å². The molecule has 3 nitrogen and oxygen atoms in total. The monoisotopic (exact) mass is 222 g/mol. The van der Waals surface area contributed by atoms with E-state index in [2.05, 4.69) is 11.3 Å². The third-order valence-corrected chi connectivity index (χ3v) is 2.01. The summed E-state index contributed by atoms with van der Waals surface area (Å²) >= 11 is 0. The van der Waals surface area contributed by atoms with Crippen LogP contribution in [0.1, 0.15) is 16.8 Å². The number of halogens is 1. The molecule has 0 N–H and O–H groups in total. The van der Waals surface area contributed by atoms with Crippen molar-refractivity contribution < 1.29 is 18.7 Å². The van der Waals surface area contributed by atoms with Crippen LogP contribution >= 0.6 is 0 Å². The van der Waals surface area contributed by atoms with Crippen molar-refractivity contribution in [1.82, 2.24) is 0 Å². The second-order valence-electron chi connectivity index (χ2n) is 3.20. The van der Waals surface area contributed by atoms with Gasteiger partial charge < -0.3 is 4.74 Å². The van der Waals surface area contributed by atoms with Crippen molar-refractivity contribution in [2.75, 3.05) is 7.11 Å². The number of ether oxygens (including phenoxy) is 1. The van der Waals surface area contributed by atoms with E-state index in [0.29, 0.717) is 5.56 Å². The maximum atomic E-state index is 12.6. The molecule has 0 aliphatic heterocycles. The SMILES string of the molecule is C=C(CC(=O)c1ccc(F)cc1)C(=O)OC. The smallest absolute Gasteiger partial charge is 0.333 e. The van der Waals surface area contributed by atoms with Crippen LogP contribution in [0.5, 0.6) is 0 Å². The van der Waals surface area contributed by atoms with E-state index in [0.717, 1.165) is 0 Å². The van der Waals surface area contributed by atoms with Crippen LogP contribution in [-0.2, 0) is 9.53 Å². The molecule has 1 rings (SSSR count). The van der Waals surface area contributed by atoms with E-state index < -0.39 is 11.8 Å². The van der Waals surface area contributed by atoms with Crippen LogP contribution in [0.25, 0.3) is 0 Å². The van der Waals surface area contributed by atoms with Gasteiger partial charge in [0.2, 0.25) is 0 Å². The fourth-order valence-electron chi connectivity index (χ4n) is 1.15. The summed E-state index contributed by atoms with van der Waals surface area (Å²) in [6, 6.07) is 5.10. The van der Waals surface area contributed by atoms with Gasteiger partial charge in [0.05, 0.1) is 7.11 Å².